The lowest BCUT2D eigenvalue weighted by Gasteiger charge is -2.06. The summed E-state index contributed by atoms with van der Waals surface area (Å²) in [6.07, 6.45) is 7.18. The van der Waals surface area contributed by atoms with E-state index in [2.05, 4.69) is 35.3 Å². The van der Waals surface area contributed by atoms with Crippen molar-refractivity contribution in [2.24, 2.45) is 0 Å². The van der Waals surface area contributed by atoms with Crippen molar-refractivity contribution in [3.05, 3.63) is 58.8 Å². The molecule has 0 aromatic carbocycles. The summed E-state index contributed by atoms with van der Waals surface area (Å²) in [7, 11) is 0. The zero-order valence-electron chi connectivity index (χ0n) is 11.4. The van der Waals surface area contributed by atoms with Gasteiger partial charge in [0.25, 0.3) is 5.56 Å². The normalized spacial score (nSPS) is 10.8. The molecule has 0 aliphatic heterocycles. The van der Waals surface area contributed by atoms with Gasteiger partial charge in [-0.2, -0.15) is 0 Å². The minimum atomic E-state index is 0.0551. The third-order valence-electron chi connectivity index (χ3n) is 3.07. The predicted octanol–water partition coefficient (Wildman–Crippen LogP) is 1.85. The highest BCUT2D eigenvalue weighted by Crippen LogP contribution is 2.01. The van der Waals surface area contributed by atoms with Gasteiger partial charge in [0.15, 0.2) is 0 Å². The van der Waals surface area contributed by atoms with E-state index >= 15 is 0 Å². The molecule has 2 heterocycles. The maximum atomic E-state index is 11.6. The van der Waals surface area contributed by atoms with Crippen LogP contribution in [-0.4, -0.2) is 15.7 Å². The second-order valence-corrected chi connectivity index (χ2v) is 4.67. The first kappa shape index (κ1) is 13.6. The topological polar surface area (TPSA) is 39.0 Å². The lowest BCUT2D eigenvalue weighted by molar-refractivity contribution is 0.565. The minimum absolute atomic E-state index is 0.0551. The fraction of sp³-hybridized carbons (Fsp3) is 0.400. The van der Waals surface area contributed by atoms with Crippen LogP contribution in [0.15, 0.2) is 47.7 Å². The molecule has 0 unspecified atom stereocenters. The second-order valence-electron chi connectivity index (χ2n) is 4.67. The van der Waals surface area contributed by atoms with Crippen LogP contribution in [0.25, 0.3) is 0 Å². The molecule has 0 aliphatic carbocycles. The average molecular weight is 259 g/mol. The second kappa shape index (κ2) is 6.95. The SMILES string of the molecule is CCCNCc1ccn(CCn2ccccc2=O)c1. The van der Waals surface area contributed by atoms with E-state index in [0.717, 1.165) is 26.1 Å². The first-order valence-electron chi connectivity index (χ1n) is 6.80. The third-order valence-corrected chi connectivity index (χ3v) is 3.07. The van der Waals surface area contributed by atoms with Crippen molar-refractivity contribution in [1.82, 2.24) is 14.5 Å². The highest BCUT2D eigenvalue weighted by Gasteiger charge is 1.98. The summed E-state index contributed by atoms with van der Waals surface area (Å²) in [5.74, 6) is 0. The van der Waals surface area contributed by atoms with Crippen LogP contribution < -0.4 is 10.9 Å². The van der Waals surface area contributed by atoms with Crippen molar-refractivity contribution < 1.29 is 0 Å². The van der Waals surface area contributed by atoms with Gasteiger partial charge in [0.05, 0.1) is 0 Å². The van der Waals surface area contributed by atoms with Crippen molar-refractivity contribution in [1.29, 1.82) is 0 Å². The van der Waals surface area contributed by atoms with Gasteiger partial charge in [-0.15, -0.1) is 0 Å². The summed E-state index contributed by atoms with van der Waals surface area (Å²) in [5.41, 5.74) is 1.34. The molecule has 2 rings (SSSR count). The van der Waals surface area contributed by atoms with E-state index in [9.17, 15) is 4.79 Å². The molecule has 2 aromatic heterocycles. The molecule has 2 aromatic rings. The maximum Gasteiger partial charge on any atom is 0.250 e. The van der Waals surface area contributed by atoms with Crippen LogP contribution in [0.1, 0.15) is 18.9 Å². The quantitative estimate of drug-likeness (QED) is 0.771. The van der Waals surface area contributed by atoms with Crippen LogP contribution in [0.2, 0.25) is 0 Å². The summed E-state index contributed by atoms with van der Waals surface area (Å²) in [6, 6.07) is 7.37. The number of pyridine rings is 1. The smallest absolute Gasteiger partial charge is 0.250 e. The van der Waals surface area contributed by atoms with Gasteiger partial charge in [0, 0.05) is 44.3 Å². The Labute approximate surface area is 113 Å². The molecule has 0 aliphatic rings. The van der Waals surface area contributed by atoms with Gasteiger partial charge in [-0.1, -0.05) is 13.0 Å². The number of aromatic nitrogens is 2. The van der Waals surface area contributed by atoms with E-state index < -0.39 is 0 Å². The zero-order valence-corrected chi connectivity index (χ0v) is 11.4. The van der Waals surface area contributed by atoms with Gasteiger partial charge in [0.1, 0.15) is 0 Å². The number of hydrogen-bond acceptors (Lipinski definition) is 2. The van der Waals surface area contributed by atoms with Gasteiger partial charge in [-0.3, -0.25) is 4.79 Å². The molecular weight excluding hydrogens is 238 g/mol. The molecule has 0 fully saturated rings. The van der Waals surface area contributed by atoms with Gasteiger partial charge >= 0.3 is 0 Å². The third kappa shape index (κ3) is 4.10. The standard InChI is InChI=1S/C15H21N3O/c1-2-7-16-12-14-6-9-17(13-14)10-11-18-8-4-3-5-15(18)19/h3-6,8-9,13,16H,2,7,10-12H2,1H3. The first-order chi connectivity index (χ1) is 9.29. The number of rotatable bonds is 7. The molecule has 1 N–H and O–H groups in total. The van der Waals surface area contributed by atoms with Crippen LogP contribution >= 0.6 is 0 Å². The first-order valence-corrected chi connectivity index (χ1v) is 6.80. The Kier molecular flexibility index (Phi) is 4.98. The monoisotopic (exact) mass is 259 g/mol. The zero-order chi connectivity index (χ0) is 13.5. The lowest BCUT2D eigenvalue weighted by atomic mass is 10.3. The molecule has 0 atom stereocenters. The molecule has 0 spiro atoms. The lowest BCUT2D eigenvalue weighted by Crippen LogP contribution is -2.20. The molecule has 0 saturated carbocycles. The van der Waals surface area contributed by atoms with Crippen molar-refractivity contribution in [2.45, 2.75) is 33.0 Å². The number of aryl methyl sites for hydroxylation is 2. The van der Waals surface area contributed by atoms with Crippen LogP contribution in [0, 0.1) is 0 Å². The van der Waals surface area contributed by atoms with E-state index in [1.165, 1.54) is 5.56 Å². The molecule has 0 saturated heterocycles. The maximum absolute atomic E-state index is 11.6. The van der Waals surface area contributed by atoms with E-state index in [-0.39, 0.29) is 5.56 Å². The van der Waals surface area contributed by atoms with Crippen LogP contribution in [0.3, 0.4) is 0 Å². The van der Waals surface area contributed by atoms with E-state index in [4.69, 9.17) is 0 Å². The Morgan fingerprint density at radius 2 is 2.05 bits per heavy atom. The Balaban J connectivity index is 1.87. The number of nitrogens with zero attached hydrogens (tertiary/aromatic N) is 2. The van der Waals surface area contributed by atoms with Crippen molar-refractivity contribution in [3.8, 4) is 0 Å². The van der Waals surface area contributed by atoms with Crippen molar-refractivity contribution in [2.75, 3.05) is 6.54 Å². The Morgan fingerprint density at radius 3 is 2.84 bits per heavy atom. The van der Waals surface area contributed by atoms with E-state index in [1.807, 2.05) is 12.3 Å². The summed E-state index contributed by atoms with van der Waals surface area (Å²) in [5, 5.41) is 3.38. The van der Waals surface area contributed by atoms with Gasteiger partial charge in [-0.05, 0) is 30.7 Å². The van der Waals surface area contributed by atoms with Crippen molar-refractivity contribution in [3.63, 3.8) is 0 Å². The largest absolute Gasteiger partial charge is 0.352 e. The highest BCUT2D eigenvalue weighted by molar-refractivity contribution is 5.09. The molecular formula is C15H21N3O. The predicted molar refractivity (Wildman–Crippen MR) is 77.1 cm³/mol. The number of nitrogens with one attached hydrogen (secondary N) is 1. The highest BCUT2D eigenvalue weighted by atomic mass is 16.1. The molecule has 0 bridgehead atoms. The fourth-order valence-electron chi connectivity index (χ4n) is 2.01. The molecule has 0 radical (unpaired) electrons. The summed E-state index contributed by atoms with van der Waals surface area (Å²) < 4.78 is 3.86. The molecule has 102 valence electrons. The van der Waals surface area contributed by atoms with Gasteiger partial charge in [-0.25, -0.2) is 0 Å². The number of hydrogen-bond donors (Lipinski definition) is 1. The fourth-order valence-corrected chi connectivity index (χ4v) is 2.01. The van der Waals surface area contributed by atoms with Gasteiger partial charge in [0.2, 0.25) is 0 Å². The summed E-state index contributed by atoms with van der Waals surface area (Å²) in [6.45, 7) is 5.64. The summed E-state index contributed by atoms with van der Waals surface area (Å²) in [4.78, 5) is 11.6. The minimum Gasteiger partial charge on any atom is -0.352 e. The molecule has 19 heavy (non-hydrogen) atoms. The Bertz CT molecular complexity index is 556. The average Bonchev–Trinajstić information content (AvgIpc) is 2.86. The van der Waals surface area contributed by atoms with Crippen LogP contribution in [0.4, 0.5) is 0 Å². The van der Waals surface area contributed by atoms with Gasteiger partial charge < -0.3 is 14.5 Å². The Hall–Kier alpha value is -1.81. The molecule has 4 heteroatoms. The molecule has 0 amide bonds. The van der Waals surface area contributed by atoms with Crippen LogP contribution in [-0.2, 0) is 19.6 Å². The van der Waals surface area contributed by atoms with Crippen LogP contribution in [0.5, 0.6) is 0 Å². The Morgan fingerprint density at radius 1 is 1.16 bits per heavy atom. The summed E-state index contributed by atoms with van der Waals surface area (Å²) >= 11 is 0. The van der Waals surface area contributed by atoms with E-state index in [1.54, 1.807) is 16.7 Å². The van der Waals surface area contributed by atoms with E-state index in [0.29, 0.717) is 6.54 Å². The van der Waals surface area contributed by atoms with Crippen molar-refractivity contribution >= 4 is 0 Å². The molecule has 4 nitrogen and oxygen atoms in total.